The lowest BCUT2D eigenvalue weighted by Gasteiger charge is -2.15. The summed E-state index contributed by atoms with van der Waals surface area (Å²) in [6.45, 7) is 0.870. The van der Waals surface area contributed by atoms with Gasteiger partial charge in [0.1, 0.15) is 11.8 Å². The predicted molar refractivity (Wildman–Crippen MR) is 72.1 cm³/mol. The number of benzene rings is 1. The van der Waals surface area contributed by atoms with Crippen LogP contribution in [0.25, 0.3) is 0 Å². The van der Waals surface area contributed by atoms with E-state index in [1.54, 1.807) is 0 Å². The second kappa shape index (κ2) is 8.73. The number of carbonyl (C=O) groups is 2. The van der Waals surface area contributed by atoms with Crippen molar-refractivity contribution in [2.45, 2.75) is 19.1 Å². The molecule has 0 spiro atoms. The van der Waals surface area contributed by atoms with Crippen molar-refractivity contribution in [3.63, 3.8) is 0 Å². The van der Waals surface area contributed by atoms with E-state index in [-0.39, 0.29) is 12.2 Å². The number of halogens is 2. The Morgan fingerprint density at radius 3 is 2.50 bits per heavy atom. The highest BCUT2D eigenvalue weighted by Crippen LogP contribution is 2.17. The van der Waals surface area contributed by atoms with Gasteiger partial charge in [-0.05, 0) is 30.3 Å². The van der Waals surface area contributed by atoms with Crippen molar-refractivity contribution in [2.24, 2.45) is 0 Å². The Labute approximate surface area is 125 Å². The van der Waals surface area contributed by atoms with Gasteiger partial charge in [-0.3, -0.25) is 4.79 Å². The summed E-state index contributed by atoms with van der Waals surface area (Å²) < 4.78 is 28.1. The number of hydrogen-bond donors (Lipinski definition) is 2. The smallest absolute Gasteiger partial charge is 0.387 e. The number of rotatable bonds is 9. The van der Waals surface area contributed by atoms with Gasteiger partial charge in [-0.15, -0.1) is 0 Å². The van der Waals surface area contributed by atoms with Crippen molar-refractivity contribution < 1.29 is 33.5 Å². The maximum atomic E-state index is 12.0. The molecule has 1 aromatic carbocycles. The van der Waals surface area contributed by atoms with Gasteiger partial charge >= 0.3 is 6.61 Å². The molecule has 3 N–H and O–H groups in total. The van der Waals surface area contributed by atoms with E-state index in [0.717, 1.165) is 0 Å². The first-order valence-corrected chi connectivity index (χ1v) is 6.42. The van der Waals surface area contributed by atoms with E-state index >= 15 is 0 Å². The molecule has 0 radical (unpaired) electrons. The van der Waals surface area contributed by atoms with Gasteiger partial charge in [0.2, 0.25) is 5.91 Å². The number of ether oxygens (including phenoxy) is 1. The lowest BCUT2D eigenvalue weighted by Crippen LogP contribution is -2.93. The molecule has 1 atom stereocenters. The molecule has 22 heavy (non-hydrogen) atoms. The summed E-state index contributed by atoms with van der Waals surface area (Å²) in [5.74, 6) is -1.92. The van der Waals surface area contributed by atoms with Gasteiger partial charge in [0.25, 0.3) is 0 Å². The summed E-state index contributed by atoms with van der Waals surface area (Å²) in [5, 5.41) is 14.8. The van der Waals surface area contributed by atoms with Gasteiger partial charge in [0.15, 0.2) is 0 Å². The Morgan fingerprint density at radius 1 is 1.36 bits per heavy atom. The van der Waals surface area contributed by atoms with Crippen molar-refractivity contribution in [1.29, 1.82) is 0 Å². The molecule has 0 bridgehead atoms. The van der Waals surface area contributed by atoms with Crippen LogP contribution in [0.15, 0.2) is 36.9 Å². The Bertz CT molecular complexity index is 520. The van der Waals surface area contributed by atoms with Crippen LogP contribution < -0.4 is 20.5 Å². The van der Waals surface area contributed by atoms with Crippen LogP contribution in [0.5, 0.6) is 5.75 Å². The van der Waals surface area contributed by atoms with Crippen molar-refractivity contribution in [3.8, 4) is 5.75 Å². The van der Waals surface area contributed by atoms with E-state index in [2.05, 4.69) is 16.6 Å². The van der Waals surface area contributed by atoms with Gasteiger partial charge in [-0.2, -0.15) is 8.78 Å². The van der Waals surface area contributed by atoms with Gasteiger partial charge in [-0.25, -0.2) is 0 Å². The maximum absolute atomic E-state index is 12.0. The third kappa shape index (κ3) is 6.31. The molecule has 0 aliphatic carbocycles. The summed E-state index contributed by atoms with van der Waals surface area (Å²) in [5.41, 5.74) is 0.340. The first-order chi connectivity index (χ1) is 10.4. The molecule has 0 aliphatic heterocycles. The predicted octanol–water partition coefficient (Wildman–Crippen LogP) is -0.515. The van der Waals surface area contributed by atoms with Crippen LogP contribution in [0.1, 0.15) is 6.42 Å². The van der Waals surface area contributed by atoms with Crippen LogP contribution in [0, 0.1) is 0 Å². The SMILES string of the molecule is C=CC[NH2+][C@H](CC(=O)Nc1ccc(OC(F)F)cc1)C(=O)[O-]. The minimum absolute atomic E-state index is 0.0417. The van der Waals surface area contributed by atoms with Crippen molar-refractivity contribution >= 4 is 17.6 Å². The number of anilines is 1. The van der Waals surface area contributed by atoms with E-state index in [4.69, 9.17) is 0 Å². The number of carbonyl (C=O) groups excluding carboxylic acids is 2. The van der Waals surface area contributed by atoms with Crippen molar-refractivity contribution in [2.75, 3.05) is 11.9 Å². The average molecular weight is 314 g/mol. The largest absolute Gasteiger partial charge is 0.544 e. The fourth-order valence-corrected chi connectivity index (χ4v) is 1.65. The highest BCUT2D eigenvalue weighted by Gasteiger charge is 2.17. The van der Waals surface area contributed by atoms with Gasteiger partial charge in [-0.1, -0.05) is 6.58 Å². The number of nitrogens with one attached hydrogen (secondary N) is 1. The summed E-state index contributed by atoms with van der Waals surface area (Å²) in [6, 6.07) is 4.25. The summed E-state index contributed by atoms with van der Waals surface area (Å²) in [7, 11) is 0. The Morgan fingerprint density at radius 2 is 2.00 bits per heavy atom. The van der Waals surface area contributed by atoms with Gasteiger partial charge in [0, 0.05) is 5.69 Å². The third-order valence-electron chi connectivity index (χ3n) is 2.66. The maximum Gasteiger partial charge on any atom is 0.387 e. The number of nitrogens with two attached hydrogens (primary N) is 1. The lowest BCUT2D eigenvalue weighted by molar-refractivity contribution is -0.674. The van der Waals surface area contributed by atoms with Crippen molar-refractivity contribution in [3.05, 3.63) is 36.9 Å². The molecule has 0 saturated heterocycles. The molecular weight excluding hydrogens is 298 g/mol. The fraction of sp³-hybridized carbons (Fsp3) is 0.286. The highest BCUT2D eigenvalue weighted by molar-refractivity contribution is 5.93. The summed E-state index contributed by atoms with van der Waals surface area (Å²) >= 11 is 0. The van der Waals surface area contributed by atoms with Crippen LogP contribution in [-0.4, -0.2) is 31.1 Å². The van der Waals surface area contributed by atoms with Crippen molar-refractivity contribution in [1.82, 2.24) is 0 Å². The van der Waals surface area contributed by atoms with Crippen LogP contribution in [-0.2, 0) is 9.59 Å². The highest BCUT2D eigenvalue weighted by atomic mass is 19.3. The molecule has 0 fully saturated rings. The lowest BCUT2D eigenvalue weighted by atomic mass is 10.2. The Balaban J connectivity index is 2.56. The van der Waals surface area contributed by atoms with E-state index < -0.39 is 24.5 Å². The molecule has 0 heterocycles. The monoisotopic (exact) mass is 314 g/mol. The van der Waals surface area contributed by atoms with Crippen LogP contribution in [0.2, 0.25) is 0 Å². The molecular formula is C14H16F2N2O4. The molecule has 1 aromatic rings. The zero-order valence-corrected chi connectivity index (χ0v) is 11.6. The molecule has 1 rings (SSSR count). The molecule has 0 saturated carbocycles. The first-order valence-electron chi connectivity index (χ1n) is 6.42. The fourth-order valence-electron chi connectivity index (χ4n) is 1.65. The molecule has 0 aliphatic rings. The second-order valence-electron chi connectivity index (χ2n) is 4.34. The molecule has 120 valence electrons. The summed E-state index contributed by atoms with van der Waals surface area (Å²) in [6.07, 6.45) is 1.22. The zero-order chi connectivity index (χ0) is 16.5. The zero-order valence-electron chi connectivity index (χ0n) is 11.6. The molecule has 8 heteroatoms. The number of quaternary nitrogens is 1. The molecule has 0 unspecified atom stereocenters. The number of hydrogen-bond acceptors (Lipinski definition) is 4. The van der Waals surface area contributed by atoms with Crippen LogP contribution >= 0.6 is 0 Å². The number of aliphatic carboxylic acids is 1. The number of amides is 1. The molecule has 1 amide bonds. The van der Waals surface area contributed by atoms with E-state index in [1.165, 1.54) is 35.7 Å². The number of carboxylic acid groups (broad SMARTS) is 1. The van der Waals surface area contributed by atoms with Crippen LogP contribution in [0.4, 0.5) is 14.5 Å². The Hall–Kier alpha value is -2.48. The van der Waals surface area contributed by atoms with E-state index in [1.807, 2.05) is 0 Å². The average Bonchev–Trinajstić information content (AvgIpc) is 2.44. The molecule has 0 aromatic heterocycles. The number of alkyl halides is 2. The first kappa shape index (κ1) is 17.6. The molecule has 6 nitrogen and oxygen atoms in total. The van der Waals surface area contributed by atoms with E-state index in [0.29, 0.717) is 12.2 Å². The minimum atomic E-state index is -2.93. The van der Waals surface area contributed by atoms with Gasteiger partial charge in [0.05, 0.1) is 18.9 Å². The normalized spacial score (nSPS) is 11.8. The number of carboxylic acids is 1. The third-order valence-corrected chi connectivity index (χ3v) is 2.66. The van der Waals surface area contributed by atoms with Gasteiger partial charge < -0.3 is 25.3 Å². The quantitative estimate of drug-likeness (QED) is 0.600. The van der Waals surface area contributed by atoms with Crippen LogP contribution in [0.3, 0.4) is 0 Å². The topological polar surface area (TPSA) is 95.1 Å². The Kier molecular flexibility index (Phi) is 6.97. The van der Waals surface area contributed by atoms with E-state index in [9.17, 15) is 23.5 Å². The summed E-state index contributed by atoms with van der Waals surface area (Å²) in [4.78, 5) is 22.7. The standard InChI is InChI=1S/C14H16F2N2O4/c1-2-7-17-11(13(20)21)8-12(19)18-9-3-5-10(6-4-9)22-14(15)16/h2-6,11,14,17H,1,7-8H2,(H,18,19)(H,20,21)/t11-/m1/s1. The minimum Gasteiger partial charge on any atom is -0.544 e. The second-order valence-corrected chi connectivity index (χ2v) is 4.34.